The highest BCUT2D eigenvalue weighted by atomic mass is 16.4. The molecule has 0 saturated carbocycles. The lowest BCUT2D eigenvalue weighted by Gasteiger charge is -2.00. The average molecular weight is 372 g/mol. The maximum Gasteiger partial charge on any atom is 0.339 e. The Kier molecular flexibility index (Phi) is 5.61. The SMILES string of the molecule is C=C/C=C\c1oc2ccc(/C=C/C=C/c3ccc(O)c(C(=O)O)c3)cc2c1C. The third-order valence-electron chi connectivity index (χ3n) is 4.32. The van der Waals surface area contributed by atoms with Crippen molar-refractivity contribution in [2.75, 3.05) is 0 Å². The Balaban J connectivity index is 1.80. The predicted octanol–water partition coefficient (Wildman–Crippen LogP) is 6.07. The van der Waals surface area contributed by atoms with Crippen LogP contribution >= 0.6 is 0 Å². The van der Waals surface area contributed by atoms with Crippen LogP contribution in [0.1, 0.15) is 32.8 Å². The van der Waals surface area contributed by atoms with E-state index >= 15 is 0 Å². The van der Waals surface area contributed by atoms with E-state index in [9.17, 15) is 9.90 Å². The molecule has 0 atom stereocenters. The van der Waals surface area contributed by atoms with E-state index in [2.05, 4.69) is 12.6 Å². The molecule has 0 bridgehead atoms. The van der Waals surface area contributed by atoms with Crippen LogP contribution in [0.15, 0.2) is 71.7 Å². The Hall–Kier alpha value is -3.79. The molecule has 0 amide bonds. The lowest BCUT2D eigenvalue weighted by atomic mass is 10.1. The number of phenols is 1. The van der Waals surface area contributed by atoms with Crippen LogP contribution in [0, 0.1) is 6.92 Å². The minimum Gasteiger partial charge on any atom is -0.507 e. The van der Waals surface area contributed by atoms with Crippen molar-refractivity contribution in [1.82, 2.24) is 0 Å². The van der Waals surface area contributed by atoms with Crippen molar-refractivity contribution >= 4 is 35.2 Å². The first-order valence-corrected chi connectivity index (χ1v) is 8.73. The molecule has 0 radical (unpaired) electrons. The second-order valence-corrected chi connectivity index (χ2v) is 6.24. The van der Waals surface area contributed by atoms with Crippen molar-refractivity contribution in [2.24, 2.45) is 0 Å². The molecule has 3 aromatic rings. The molecular weight excluding hydrogens is 352 g/mol. The third-order valence-corrected chi connectivity index (χ3v) is 4.32. The van der Waals surface area contributed by atoms with Gasteiger partial charge < -0.3 is 14.6 Å². The number of carboxylic acids is 1. The summed E-state index contributed by atoms with van der Waals surface area (Å²) in [7, 11) is 0. The first-order chi connectivity index (χ1) is 13.5. The second-order valence-electron chi connectivity index (χ2n) is 6.24. The normalized spacial score (nSPS) is 11.9. The van der Waals surface area contributed by atoms with Crippen molar-refractivity contribution in [3.63, 3.8) is 0 Å². The maximum absolute atomic E-state index is 11.1. The highest BCUT2D eigenvalue weighted by Crippen LogP contribution is 2.27. The van der Waals surface area contributed by atoms with Gasteiger partial charge in [0.1, 0.15) is 22.7 Å². The number of benzene rings is 2. The van der Waals surface area contributed by atoms with Gasteiger partial charge in [-0.3, -0.25) is 0 Å². The summed E-state index contributed by atoms with van der Waals surface area (Å²) in [6.45, 7) is 5.69. The van der Waals surface area contributed by atoms with Gasteiger partial charge in [-0.05, 0) is 48.4 Å². The van der Waals surface area contributed by atoms with Crippen molar-refractivity contribution in [3.05, 3.63) is 95.3 Å². The molecule has 0 aliphatic heterocycles. The van der Waals surface area contributed by atoms with Gasteiger partial charge in [-0.25, -0.2) is 4.79 Å². The van der Waals surface area contributed by atoms with E-state index in [-0.39, 0.29) is 11.3 Å². The van der Waals surface area contributed by atoms with E-state index in [0.29, 0.717) is 5.56 Å². The molecule has 0 aliphatic carbocycles. The topological polar surface area (TPSA) is 70.7 Å². The van der Waals surface area contributed by atoms with Crippen molar-refractivity contribution in [3.8, 4) is 5.75 Å². The maximum atomic E-state index is 11.1. The van der Waals surface area contributed by atoms with Gasteiger partial charge in [0.25, 0.3) is 0 Å². The Morgan fingerprint density at radius 2 is 1.68 bits per heavy atom. The summed E-state index contributed by atoms with van der Waals surface area (Å²) in [5.74, 6) is -0.585. The minimum absolute atomic E-state index is 0.117. The summed E-state index contributed by atoms with van der Waals surface area (Å²) in [6, 6.07) is 10.4. The number of aromatic hydroxyl groups is 1. The molecule has 3 rings (SSSR count). The number of carbonyl (C=O) groups is 1. The van der Waals surface area contributed by atoms with E-state index in [0.717, 1.165) is 27.9 Å². The Labute approximate surface area is 163 Å². The van der Waals surface area contributed by atoms with Gasteiger partial charge in [-0.15, -0.1) is 0 Å². The van der Waals surface area contributed by atoms with Gasteiger partial charge in [-0.1, -0.05) is 55.2 Å². The number of hydrogen-bond donors (Lipinski definition) is 2. The number of aryl methyl sites for hydroxylation is 1. The number of hydrogen-bond acceptors (Lipinski definition) is 3. The monoisotopic (exact) mass is 372 g/mol. The molecule has 0 aliphatic rings. The van der Waals surface area contributed by atoms with Crippen LogP contribution in [0.4, 0.5) is 0 Å². The molecular formula is C24H20O4. The molecule has 2 aromatic carbocycles. The van der Waals surface area contributed by atoms with Gasteiger partial charge in [0, 0.05) is 10.9 Å². The Bertz CT molecular complexity index is 1130. The van der Waals surface area contributed by atoms with Gasteiger partial charge in [0.2, 0.25) is 0 Å². The molecule has 0 fully saturated rings. The first-order valence-electron chi connectivity index (χ1n) is 8.73. The molecule has 28 heavy (non-hydrogen) atoms. The van der Waals surface area contributed by atoms with E-state index in [4.69, 9.17) is 9.52 Å². The van der Waals surface area contributed by atoms with Crippen LogP contribution in [-0.4, -0.2) is 16.2 Å². The molecule has 2 N–H and O–H groups in total. The summed E-state index contributed by atoms with van der Waals surface area (Å²) < 4.78 is 5.84. The van der Waals surface area contributed by atoms with Gasteiger partial charge in [0.05, 0.1) is 0 Å². The number of furan rings is 1. The minimum atomic E-state index is -1.16. The fraction of sp³-hybridized carbons (Fsp3) is 0.0417. The number of aromatic carboxylic acids is 1. The summed E-state index contributed by atoms with van der Waals surface area (Å²) in [5, 5.41) is 19.7. The highest BCUT2D eigenvalue weighted by molar-refractivity contribution is 5.91. The van der Waals surface area contributed by atoms with Crippen LogP contribution in [0.3, 0.4) is 0 Å². The molecule has 4 nitrogen and oxygen atoms in total. The fourth-order valence-corrected chi connectivity index (χ4v) is 2.84. The number of carboxylic acid groups (broad SMARTS) is 1. The van der Waals surface area contributed by atoms with Crippen LogP contribution in [0.25, 0.3) is 29.2 Å². The zero-order valence-corrected chi connectivity index (χ0v) is 15.4. The van der Waals surface area contributed by atoms with E-state index < -0.39 is 5.97 Å². The zero-order chi connectivity index (χ0) is 20.1. The van der Waals surface area contributed by atoms with Crippen LogP contribution in [-0.2, 0) is 0 Å². The van der Waals surface area contributed by atoms with Gasteiger partial charge in [0.15, 0.2) is 0 Å². The Morgan fingerprint density at radius 3 is 2.36 bits per heavy atom. The van der Waals surface area contributed by atoms with Crippen molar-refractivity contribution < 1.29 is 19.4 Å². The summed E-state index contributed by atoms with van der Waals surface area (Å²) in [4.78, 5) is 11.1. The molecule has 140 valence electrons. The molecule has 0 spiro atoms. The molecule has 4 heteroatoms. The fourth-order valence-electron chi connectivity index (χ4n) is 2.84. The first kappa shape index (κ1) is 19.0. The lowest BCUT2D eigenvalue weighted by molar-refractivity contribution is 0.0693. The van der Waals surface area contributed by atoms with E-state index in [1.54, 1.807) is 18.2 Å². The van der Waals surface area contributed by atoms with Crippen molar-refractivity contribution in [1.29, 1.82) is 0 Å². The number of allylic oxidation sites excluding steroid dienone is 4. The number of fused-ring (bicyclic) bond motifs is 1. The second kappa shape index (κ2) is 8.27. The average Bonchev–Trinajstić information content (AvgIpc) is 3.00. The molecule has 1 heterocycles. The molecule has 0 saturated heterocycles. The predicted molar refractivity (Wildman–Crippen MR) is 113 cm³/mol. The van der Waals surface area contributed by atoms with Crippen LogP contribution in [0.5, 0.6) is 5.75 Å². The summed E-state index contributed by atoms with van der Waals surface area (Å²) >= 11 is 0. The standard InChI is InChI=1S/C24H20O4/c1-3-4-9-22-16(2)19-14-18(11-13-23(19)28-22)8-6-5-7-17-10-12-21(25)20(15-17)24(26)27/h3-15,25H,1H2,2H3,(H,26,27)/b7-5+,8-6+,9-4-. The molecule has 1 aromatic heterocycles. The summed E-state index contributed by atoms with van der Waals surface area (Å²) in [5.41, 5.74) is 3.51. The van der Waals surface area contributed by atoms with E-state index in [1.807, 2.05) is 49.4 Å². The van der Waals surface area contributed by atoms with Crippen LogP contribution < -0.4 is 0 Å². The quantitative estimate of drug-likeness (QED) is 0.515. The summed E-state index contributed by atoms with van der Waals surface area (Å²) in [6.07, 6.45) is 12.9. The largest absolute Gasteiger partial charge is 0.507 e. The molecule has 0 unspecified atom stereocenters. The van der Waals surface area contributed by atoms with E-state index in [1.165, 1.54) is 12.1 Å². The number of rotatable bonds is 6. The third kappa shape index (κ3) is 4.13. The van der Waals surface area contributed by atoms with Gasteiger partial charge >= 0.3 is 5.97 Å². The Morgan fingerprint density at radius 1 is 1.00 bits per heavy atom. The lowest BCUT2D eigenvalue weighted by Crippen LogP contribution is -1.96. The highest BCUT2D eigenvalue weighted by Gasteiger charge is 2.09. The van der Waals surface area contributed by atoms with Crippen molar-refractivity contribution in [2.45, 2.75) is 6.92 Å². The smallest absolute Gasteiger partial charge is 0.339 e. The zero-order valence-electron chi connectivity index (χ0n) is 15.4. The van der Waals surface area contributed by atoms with Gasteiger partial charge in [-0.2, -0.15) is 0 Å². The van der Waals surface area contributed by atoms with Crippen LogP contribution in [0.2, 0.25) is 0 Å².